The van der Waals surface area contributed by atoms with Crippen molar-refractivity contribution in [2.75, 3.05) is 30.3 Å². The standard InChI is InChI=1S/C27H29ClN6O2.C24H27ClN6O.C6H15N.C3H3ClO/c1-2-22(35)34-27-13-26(14-27,15-27)24(36)31-16-6-5-7-17(10-16)32-25-30-12-20(28)23(33-25)19-11-29-21-9-4-3-8-18(19)21;25-18-10-28-22(31-20(18)17-9-27-19-7-2-1-6-16(17)19)30-15-5-3-4-14(8-15)29-21(32)23-11-24(26,12-23)13-23;1-4-7(5-2)6-3;1-2-3(4)5/h2-4,8-9,11-12,16-17,29H,1,5-7,10,13-15H2,(H,31,36)(H,34,35)(H,30,32,33);1-2,6-7,9-10,14-15,27H,3-5,8,11-13,26H2,(H,29,32)(H,28,30,31);4-6H2,1-3H3;2H,1H2/t16-,17+,26?,27?;14-,15+,23?,24?;;/m00../s1. The van der Waals surface area contributed by atoms with Gasteiger partial charge in [-0.2, -0.15) is 0 Å². The van der Waals surface area contributed by atoms with E-state index in [0.29, 0.717) is 33.3 Å². The number of anilines is 2. The molecule has 0 unspecified atom stereocenters. The van der Waals surface area contributed by atoms with Crippen molar-refractivity contribution in [3.63, 3.8) is 0 Å². The van der Waals surface area contributed by atoms with Gasteiger partial charge in [0.05, 0.1) is 44.7 Å². The first-order valence-corrected chi connectivity index (χ1v) is 29.2. The van der Waals surface area contributed by atoms with E-state index in [4.69, 9.17) is 50.5 Å². The molecule has 4 aromatic heterocycles. The van der Waals surface area contributed by atoms with Gasteiger partial charge in [0, 0.05) is 80.6 Å². The summed E-state index contributed by atoms with van der Waals surface area (Å²) in [5.41, 5.74) is 10.7. The van der Waals surface area contributed by atoms with Crippen molar-refractivity contribution in [1.82, 2.24) is 50.8 Å². The number of aromatic nitrogens is 6. The molecule has 3 amide bonds. The number of halogens is 3. The number of amides is 3. The molecule has 14 rings (SSSR count). The van der Waals surface area contributed by atoms with Crippen LogP contribution in [0.2, 0.25) is 10.0 Å². The number of allylic oxidation sites excluding steroid dienone is 1. The van der Waals surface area contributed by atoms with E-state index in [1.54, 1.807) is 12.4 Å². The van der Waals surface area contributed by atoms with Crippen LogP contribution < -0.4 is 32.3 Å². The van der Waals surface area contributed by atoms with Crippen molar-refractivity contribution in [1.29, 1.82) is 0 Å². The lowest BCUT2D eigenvalue weighted by Gasteiger charge is -2.69. The Balaban J connectivity index is 0.000000162. The van der Waals surface area contributed by atoms with Gasteiger partial charge in [-0.3, -0.25) is 19.2 Å². The van der Waals surface area contributed by atoms with Crippen LogP contribution in [0.15, 0.2) is 98.6 Å². The average molecular weight is 1150 g/mol. The van der Waals surface area contributed by atoms with E-state index in [9.17, 15) is 19.2 Å². The number of carbonyl (C=O) groups excluding carboxylic acids is 4. The van der Waals surface area contributed by atoms with E-state index in [-0.39, 0.29) is 63.8 Å². The van der Waals surface area contributed by atoms with Crippen LogP contribution in [0.1, 0.15) is 111 Å². The lowest BCUT2D eigenvalue weighted by atomic mass is 9.39. The maximum Gasteiger partial charge on any atom is 0.244 e. The zero-order chi connectivity index (χ0) is 56.8. The van der Waals surface area contributed by atoms with Crippen molar-refractivity contribution in [3.8, 4) is 22.5 Å². The summed E-state index contributed by atoms with van der Waals surface area (Å²) >= 11 is 17.6. The summed E-state index contributed by atoms with van der Waals surface area (Å²) in [6.45, 7) is 16.7. The van der Waals surface area contributed by atoms with Crippen LogP contribution in [0.3, 0.4) is 0 Å². The van der Waals surface area contributed by atoms with E-state index < -0.39 is 5.24 Å². The fraction of sp³-hybridized carbons (Fsp3) is 0.467. The Morgan fingerprint density at radius 1 is 0.662 bits per heavy atom. The van der Waals surface area contributed by atoms with Gasteiger partial charge in [0.1, 0.15) is 0 Å². The van der Waals surface area contributed by atoms with Crippen LogP contribution >= 0.6 is 34.8 Å². The van der Waals surface area contributed by atoms with Crippen LogP contribution in [-0.4, -0.2) is 113 Å². The van der Waals surface area contributed by atoms with Gasteiger partial charge in [0.15, 0.2) is 0 Å². The molecule has 9 N–H and O–H groups in total. The maximum atomic E-state index is 13.0. The number of carbonyl (C=O) groups is 4. The number of rotatable bonds is 16. The summed E-state index contributed by atoms with van der Waals surface area (Å²) in [6.07, 6.45) is 21.9. The predicted octanol–water partition coefficient (Wildman–Crippen LogP) is 10.6. The van der Waals surface area contributed by atoms with Gasteiger partial charge >= 0.3 is 0 Å². The summed E-state index contributed by atoms with van der Waals surface area (Å²) < 4.78 is 0. The highest BCUT2D eigenvalue weighted by atomic mass is 35.5. The second-order valence-electron chi connectivity index (χ2n) is 22.7. The average Bonchev–Trinajstić information content (AvgIpc) is 4.20. The number of benzene rings is 2. The molecule has 8 saturated carbocycles. The van der Waals surface area contributed by atoms with Gasteiger partial charge in [0.2, 0.25) is 34.9 Å². The van der Waals surface area contributed by atoms with E-state index in [1.807, 2.05) is 54.9 Å². The second-order valence-corrected chi connectivity index (χ2v) is 23.9. The van der Waals surface area contributed by atoms with E-state index in [0.717, 1.165) is 129 Å². The minimum absolute atomic E-state index is 0.0532. The molecule has 8 fully saturated rings. The fourth-order valence-electron chi connectivity index (χ4n) is 13.0. The first-order valence-electron chi connectivity index (χ1n) is 28.0. The molecule has 8 aliphatic rings. The quantitative estimate of drug-likeness (QED) is 0.0334. The number of nitrogens with one attached hydrogen (secondary N) is 7. The van der Waals surface area contributed by atoms with E-state index in [2.05, 4.69) is 91.4 Å². The third kappa shape index (κ3) is 12.9. The molecule has 0 aliphatic heterocycles. The van der Waals surface area contributed by atoms with Crippen molar-refractivity contribution in [2.24, 2.45) is 16.6 Å². The normalized spacial score (nSPS) is 26.5. The van der Waals surface area contributed by atoms with Crippen molar-refractivity contribution in [2.45, 2.75) is 146 Å². The molecule has 0 spiro atoms. The Morgan fingerprint density at radius 3 is 1.46 bits per heavy atom. The Labute approximate surface area is 482 Å². The maximum absolute atomic E-state index is 13.0. The number of H-pyrrole nitrogens is 2. The number of nitrogens with zero attached hydrogens (tertiary/aromatic N) is 5. The molecule has 17 nitrogen and oxygen atoms in total. The molecule has 80 heavy (non-hydrogen) atoms. The molecule has 2 aromatic carbocycles. The van der Waals surface area contributed by atoms with Gasteiger partial charge in [0.25, 0.3) is 0 Å². The number of hydrogen-bond donors (Lipinski definition) is 8. The number of para-hydroxylation sites is 2. The van der Waals surface area contributed by atoms with Gasteiger partial charge in [-0.1, -0.05) is 93.5 Å². The topological polar surface area (TPSA) is 241 Å². The highest BCUT2D eigenvalue weighted by Crippen LogP contribution is 2.67. The summed E-state index contributed by atoms with van der Waals surface area (Å²) in [4.78, 5) is 74.1. The summed E-state index contributed by atoms with van der Waals surface area (Å²) in [5.74, 6) is 1.25. The number of hydrogen-bond acceptors (Lipinski definition) is 12. The molecular weight excluding hydrogens is 1070 g/mol. The number of fused-ring (bicyclic) bond motifs is 2. The van der Waals surface area contributed by atoms with Gasteiger partial charge < -0.3 is 47.2 Å². The van der Waals surface area contributed by atoms with Crippen molar-refractivity contribution < 1.29 is 19.2 Å². The molecule has 4 atom stereocenters. The van der Waals surface area contributed by atoms with Crippen LogP contribution in [0, 0.1) is 10.8 Å². The minimum atomic E-state index is -0.509. The highest BCUT2D eigenvalue weighted by Gasteiger charge is 2.72. The first kappa shape index (κ1) is 58.3. The second kappa shape index (κ2) is 24.8. The summed E-state index contributed by atoms with van der Waals surface area (Å²) in [7, 11) is 0. The molecule has 8 aliphatic carbocycles. The van der Waals surface area contributed by atoms with Crippen molar-refractivity contribution in [3.05, 3.63) is 109 Å². The zero-order valence-corrected chi connectivity index (χ0v) is 48.2. The summed E-state index contributed by atoms with van der Waals surface area (Å²) in [5, 5.41) is 19.2. The zero-order valence-electron chi connectivity index (χ0n) is 45.9. The van der Waals surface area contributed by atoms with Gasteiger partial charge in [-0.15, -0.1) is 0 Å². The Morgan fingerprint density at radius 2 is 1.07 bits per heavy atom. The summed E-state index contributed by atoms with van der Waals surface area (Å²) in [6, 6.07) is 16.8. The Hall–Kier alpha value is -6.37. The molecule has 4 heterocycles. The molecule has 0 radical (unpaired) electrons. The van der Waals surface area contributed by atoms with Crippen LogP contribution in [0.25, 0.3) is 44.3 Å². The molecule has 4 bridgehead atoms. The first-order chi connectivity index (χ1) is 38.4. The Bertz CT molecular complexity index is 3200. The fourth-order valence-corrected chi connectivity index (χ4v) is 13.4. The largest absolute Gasteiger partial charge is 0.360 e. The number of aromatic amines is 2. The third-order valence-electron chi connectivity index (χ3n) is 17.0. The predicted molar refractivity (Wildman–Crippen MR) is 319 cm³/mol. The number of nitrogens with two attached hydrogens (primary N) is 1. The van der Waals surface area contributed by atoms with Crippen LogP contribution in [0.5, 0.6) is 0 Å². The van der Waals surface area contributed by atoms with Gasteiger partial charge in [-0.05, 0) is 145 Å². The van der Waals surface area contributed by atoms with E-state index >= 15 is 0 Å². The van der Waals surface area contributed by atoms with Crippen LogP contribution in [0.4, 0.5) is 11.9 Å². The molecule has 6 aromatic rings. The smallest absolute Gasteiger partial charge is 0.244 e. The molecule has 424 valence electrons. The highest BCUT2D eigenvalue weighted by molar-refractivity contribution is 6.66. The van der Waals surface area contributed by atoms with Crippen molar-refractivity contribution >= 4 is 91.5 Å². The van der Waals surface area contributed by atoms with E-state index in [1.165, 1.54) is 25.7 Å². The molecule has 0 saturated heterocycles. The lowest BCUT2D eigenvalue weighted by Crippen LogP contribution is -2.78. The van der Waals surface area contributed by atoms with Crippen LogP contribution in [-0.2, 0) is 19.2 Å². The third-order valence-corrected chi connectivity index (χ3v) is 17.7. The Kier molecular flexibility index (Phi) is 18.1. The van der Waals surface area contributed by atoms with Gasteiger partial charge in [-0.25, -0.2) is 19.9 Å². The minimum Gasteiger partial charge on any atom is -0.360 e. The molecular formula is C60H74Cl3N13O4. The lowest BCUT2D eigenvalue weighted by molar-refractivity contribution is -0.183. The molecule has 20 heteroatoms. The SMILES string of the molecule is C=CC(=O)Cl.C=CC(=O)NC12CC(C(=O)N[C@H]3CCC[C@@H](Nc4ncc(Cl)c(-c5c[nH]c6ccccc56)n4)C3)(C1)C2.CCN(CC)CC.NC12CC(C(=O)N[C@H]3CCC[C@@H](Nc4ncc(Cl)c(-c5c[nH]c6ccccc56)n4)C3)(C1)C2. The monoisotopic (exact) mass is 1150 g/mol.